The van der Waals surface area contributed by atoms with E-state index >= 15 is 0 Å². The summed E-state index contributed by atoms with van der Waals surface area (Å²) in [5, 5.41) is 10.3. The van der Waals surface area contributed by atoms with Crippen molar-refractivity contribution in [1.82, 2.24) is 0 Å². The Morgan fingerprint density at radius 1 is 0.842 bits per heavy atom. The molecule has 1 rings (SSSR count). The van der Waals surface area contributed by atoms with E-state index in [4.69, 9.17) is 21.3 Å². The van der Waals surface area contributed by atoms with Crippen LogP contribution in [0.15, 0.2) is 0 Å². The Hall–Kier alpha value is 0.530. The third-order valence-electron chi connectivity index (χ3n) is 3.61. The topological polar surface area (TPSA) is 38.7 Å². The van der Waals surface area contributed by atoms with Crippen molar-refractivity contribution >= 4 is 17.8 Å². The molecule has 5 atom stereocenters. The van der Waals surface area contributed by atoms with Crippen molar-refractivity contribution in [3.05, 3.63) is 0 Å². The number of hydrogen-bond acceptors (Lipinski definition) is 4. The summed E-state index contributed by atoms with van der Waals surface area (Å²) in [6, 6.07) is -2.15. The summed E-state index contributed by atoms with van der Waals surface area (Å²) in [5.74, 6) is 0.237. The molecule has 1 aliphatic rings. The van der Waals surface area contributed by atoms with Crippen LogP contribution in [0.5, 0.6) is 0 Å². The Labute approximate surface area is 123 Å². The molecule has 2 unspecified atom stereocenters. The summed E-state index contributed by atoms with van der Waals surface area (Å²) >= 11 is 5.92. The lowest BCUT2D eigenvalue weighted by Crippen LogP contribution is -2.46. The molecule has 114 valence electrons. The van der Waals surface area contributed by atoms with Crippen molar-refractivity contribution in [2.24, 2.45) is 17.8 Å². The van der Waals surface area contributed by atoms with E-state index in [-0.39, 0.29) is 18.0 Å². The highest BCUT2D eigenvalue weighted by molar-refractivity contribution is 8.15. The van der Waals surface area contributed by atoms with Gasteiger partial charge >= 0.3 is 0 Å². The van der Waals surface area contributed by atoms with E-state index in [2.05, 4.69) is 41.5 Å². The van der Waals surface area contributed by atoms with Crippen molar-refractivity contribution in [3.8, 4) is 0 Å². The predicted octanol–water partition coefficient (Wildman–Crippen LogP) is 3.80. The van der Waals surface area contributed by atoms with E-state index in [1.807, 2.05) is 0 Å². The Morgan fingerprint density at radius 3 is 1.42 bits per heavy atom. The second-order valence-electron chi connectivity index (χ2n) is 6.55. The molecule has 1 saturated heterocycles. The molecule has 0 saturated carbocycles. The zero-order valence-corrected chi connectivity index (χ0v) is 14.9. The molecule has 1 fully saturated rings. The molecule has 0 amide bonds. The van der Waals surface area contributed by atoms with Crippen LogP contribution in [-0.4, -0.2) is 28.9 Å². The van der Waals surface area contributed by atoms with E-state index in [0.717, 1.165) is 0 Å². The van der Waals surface area contributed by atoms with Gasteiger partial charge in [-0.15, -0.1) is 0 Å². The quantitative estimate of drug-likeness (QED) is 0.802. The van der Waals surface area contributed by atoms with Crippen LogP contribution >= 0.6 is 6.04 Å². The number of hydrogen-bond donors (Lipinski definition) is 1. The minimum absolute atomic E-state index is 0.0592. The van der Waals surface area contributed by atoms with Crippen LogP contribution in [0.2, 0.25) is 0 Å². The van der Waals surface area contributed by atoms with E-state index in [9.17, 15) is 5.11 Å². The normalized spacial score (nSPS) is 38.2. The highest BCUT2D eigenvalue weighted by Crippen LogP contribution is 2.66. The smallest absolute Gasteiger partial charge is 0.161 e. The van der Waals surface area contributed by atoms with Crippen molar-refractivity contribution in [1.29, 1.82) is 0 Å². The molecular formula is C14H29O3PS. The third-order valence-corrected chi connectivity index (χ3v) is 9.97. The maximum absolute atomic E-state index is 10.3. The fourth-order valence-corrected chi connectivity index (χ4v) is 8.01. The summed E-state index contributed by atoms with van der Waals surface area (Å²) in [6.07, 6.45) is -0.213. The molecule has 0 radical (unpaired) electrons. The summed E-state index contributed by atoms with van der Waals surface area (Å²) in [5.41, 5.74) is 0. The summed E-state index contributed by atoms with van der Waals surface area (Å²) < 4.78 is 12.3. The van der Waals surface area contributed by atoms with E-state index < -0.39 is 11.9 Å². The molecule has 1 heterocycles. The second kappa shape index (κ2) is 6.53. The molecule has 1 N–H and O–H groups in total. The van der Waals surface area contributed by atoms with Crippen molar-refractivity contribution < 1.29 is 14.6 Å². The second-order valence-corrected chi connectivity index (χ2v) is 11.7. The molecule has 19 heavy (non-hydrogen) atoms. The van der Waals surface area contributed by atoms with E-state index in [1.54, 1.807) is 6.92 Å². The van der Waals surface area contributed by atoms with Gasteiger partial charge in [0.25, 0.3) is 0 Å². The molecule has 0 aliphatic carbocycles. The van der Waals surface area contributed by atoms with Crippen LogP contribution in [-0.2, 0) is 21.3 Å². The van der Waals surface area contributed by atoms with Crippen LogP contribution in [0, 0.1) is 17.8 Å². The van der Waals surface area contributed by atoms with Gasteiger partial charge in [0.05, 0.1) is 17.5 Å². The first-order valence-electron chi connectivity index (χ1n) is 7.20. The predicted molar refractivity (Wildman–Crippen MR) is 84.0 cm³/mol. The van der Waals surface area contributed by atoms with Gasteiger partial charge < -0.3 is 14.6 Å². The van der Waals surface area contributed by atoms with Crippen LogP contribution in [0.4, 0.5) is 0 Å². The standard InChI is InChI=1S/C14H29O3PS/c1-8(2)12-16-13(9(3)4)18(19,11(7)15)14(17-12)10(5)6/h8-15H,1-7H3/t11-,12?,13-,14+,18?/m1/s1. The van der Waals surface area contributed by atoms with Gasteiger partial charge in [0, 0.05) is 12.0 Å². The molecular weight excluding hydrogens is 279 g/mol. The number of rotatable bonds is 4. The Morgan fingerprint density at radius 2 is 1.21 bits per heavy atom. The largest absolute Gasteiger partial charge is 0.388 e. The maximum Gasteiger partial charge on any atom is 0.161 e. The van der Waals surface area contributed by atoms with E-state index in [1.165, 1.54) is 0 Å². The highest BCUT2D eigenvalue weighted by Gasteiger charge is 2.50. The van der Waals surface area contributed by atoms with Gasteiger partial charge in [-0.3, -0.25) is 0 Å². The summed E-state index contributed by atoms with van der Waals surface area (Å²) in [4.78, 5) is 0. The summed E-state index contributed by atoms with van der Waals surface area (Å²) in [7, 11) is 0. The Kier molecular flexibility index (Phi) is 6.04. The SMILES string of the molecule is CC(C)C1O[C@H](C(C)C)P(=S)([C@H](C)O)[C@H](C(C)C)O1. The number of aliphatic hydroxyl groups excluding tert-OH is 1. The molecule has 0 aromatic rings. The van der Waals surface area contributed by atoms with Gasteiger partial charge in [0.1, 0.15) is 0 Å². The first-order valence-corrected chi connectivity index (χ1v) is 10.2. The van der Waals surface area contributed by atoms with Crippen molar-refractivity contribution in [2.75, 3.05) is 0 Å². The molecule has 5 heteroatoms. The zero-order valence-electron chi connectivity index (χ0n) is 13.2. The molecule has 0 bridgehead atoms. The average molecular weight is 308 g/mol. The molecule has 0 spiro atoms. The van der Waals surface area contributed by atoms with Gasteiger partial charge in [-0.25, -0.2) is 0 Å². The first kappa shape index (κ1) is 17.6. The minimum atomic E-state index is -2.15. The highest BCUT2D eigenvalue weighted by atomic mass is 32.4. The number of aliphatic hydroxyl groups is 1. The van der Waals surface area contributed by atoms with Crippen molar-refractivity contribution in [3.63, 3.8) is 0 Å². The van der Waals surface area contributed by atoms with Crippen LogP contribution in [0.25, 0.3) is 0 Å². The lowest BCUT2D eigenvalue weighted by atomic mass is 10.2. The van der Waals surface area contributed by atoms with Gasteiger partial charge in [0.15, 0.2) is 6.29 Å². The maximum atomic E-state index is 10.3. The lowest BCUT2D eigenvalue weighted by molar-refractivity contribution is -0.213. The monoisotopic (exact) mass is 308 g/mol. The molecule has 3 nitrogen and oxygen atoms in total. The molecule has 0 aromatic heterocycles. The van der Waals surface area contributed by atoms with Gasteiger partial charge in [0.2, 0.25) is 0 Å². The van der Waals surface area contributed by atoms with Gasteiger partial charge in [-0.05, 0) is 18.8 Å². The zero-order chi connectivity index (χ0) is 15.0. The minimum Gasteiger partial charge on any atom is -0.388 e. The average Bonchev–Trinajstić information content (AvgIpc) is 2.27. The van der Waals surface area contributed by atoms with E-state index in [0.29, 0.717) is 17.8 Å². The molecule has 1 aliphatic heterocycles. The van der Waals surface area contributed by atoms with Crippen LogP contribution in [0.1, 0.15) is 48.5 Å². The van der Waals surface area contributed by atoms with Crippen LogP contribution in [0.3, 0.4) is 0 Å². The van der Waals surface area contributed by atoms with Gasteiger partial charge in [-0.1, -0.05) is 53.3 Å². The molecule has 0 aromatic carbocycles. The Balaban J connectivity index is 3.20. The number of ether oxygens (including phenoxy) is 2. The van der Waals surface area contributed by atoms with Crippen LogP contribution < -0.4 is 0 Å². The van der Waals surface area contributed by atoms with Gasteiger partial charge in [-0.2, -0.15) is 0 Å². The first-order chi connectivity index (χ1) is 8.62. The Bertz CT molecular complexity index is 320. The lowest BCUT2D eigenvalue weighted by Gasteiger charge is -2.50. The third kappa shape index (κ3) is 3.41. The van der Waals surface area contributed by atoms with Crippen molar-refractivity contribution in [2.45, 2.75) is 72.3 Å². The fourth-order valence-electron chi connectivity index (χ4n) is 2.63. The fraction of sp³-hybridized carbons (Fsp3) is 1.00. The summed E-state index contributed by atoms with van der Waals surface area (Å²) in [6.45, 7) is 14.5.